The van der Waals surface area contributed by atoms with Gasteiger partial charge < -0.3 is 15.7 Å². The number of carbonyl (C=O) groups excluding carboxylic acids is 1. The summed E-state index contributed by atoms with van der Waals surface area (Å²) in [5.74, 6) is 0. The summed E-state index contributed by atoms with van der Waals surface area (Å²) in [7, 11) is 0. The van der Waals surface area contributed by atoms with E-state index in [1.807, 2.05) is 12.3 Å². The Hall–Kier alpha value is -1.14. The molecule has 1 aliphatic rings. The molecule has 3 atom stereocenters. The molecule has 1 aliphatic carbocycles. The molecule has 3 N–H and O–H groups in total. The number of aromatic nitrogens is 1. The third-order valence-electron chi connectivity index (χ3n) is 3.71. The van der Waals surface area contributed by atoms with Gasteiger partial charge in [0.15, 0.2) is 0 Å². The molecule has 1 aromatic rings. The summed E-state index contributed by atoms with van der Waals surface area (Å²) < 4.78 is 0. The van der Waals surface area contributed by atoms with Crippen molar-refractivity contribution in [1.82, 2.24) is 15.6 Å². The van der Waals surface area contributed by atoms with E-state index in [0.29, 0.717) is 0 Å². The average Bonchev–Trinajstić information content (AvgIpc) is 2.90. The van der Waals surface area contributed by atoms with E-state index < -0.39 is 6.10 Å². The first kappa shape index (κ1) is 15.3. The Balaban J connectivity index is 1.84. The molecule has 3 unspecified atom stereocenters. The summed E-state index contributed by atoms with van der Waals surface area (Å²) in [5.41, 5.74) is 0.895. The molecule has 1 heterocycles. The number of aryl methyl sites for hydroxylation is 1. The minimum atomic E-state index is -0.421. The fourth-order valence-electron chi connectivity index (χ4n) is 2.45. The maximum atomic E-state index is 12.0. The van der Waals surface area contributed by atoms with E-state index in [4.69, 9.17) is 0 Å². The zero-order valence-electron chi connectivity index (χ0n) is 12.1. The predicted octanol–water partition coefficient (Wildman–Crippen LogP) is 2.37. The number of urea groups is 1. The molecular formula is C14H23N3O2S. The van der Waals surface area contributed by atoms with E-state index in [1.54, 1.807) is 11.3 Å². The highest BCUT2D eigenvalue weighted by atomic mass is 32.1. The fraction of sp³-hybridized carbons (Fsp3) is 0.714. The summed E-state index contributed by atoms with van der Waals surface area (Å²) in [6, 6.07) is -0.473. The highest BCUT2D eigenvalue weighted by Crippen LogP contribution is 2.19. The van der Waals surface area contributed by atoms with Crippen molar-refractivity contribution in [2.75, 3.05) is 0 Å². The van der Waals surface area contributed by atoms with Gasteiger partial charge in [-0.1, -0.05) is 19.8 Å². The molecule has 0 saturated heterocycles. The van der Waals surface area contributed by atoms with Crippen molar-refractivity contribution in [2.24, 2.45) is 0 Å². The van der Waals surface area contributed by atoms with Gasteiger partial charge in [0.1, 0.15) is 0 Å². The van der Waals surface area contributed by atoms with Crippen LogP contribution in [0.15, 0.2) is 5.38 Å². The highest BCUT2D eigenvalue weighted by molar-refractivity contribution is 7.09. The van der Waals surface area contributed by atoms with Crippen LogP contribution in [-0.2, 0) is 6.42 Å². The molecule has 0 aliphatic heterocycles. The number of nitrogens with one attached hydrogen (secondary N) is 2. The maximum Gasteiger partial charge on any atom is 0.315 e. The Bertz CT molecular complexity index is 449. The van der Waals surface area contributed by atoms with E-state index >= 15 is 0 Å². The van der Waals surface area contributed by atoms with Crippen LogP contribution in [0.1, 0.15) is 56.3 Å². The van der Waals surface area contributed by atoms with Gasteiger partial charge in [0, 0.05) is 5.38 Å². The fourth-order valence-corrected chi connectivity index (χ4v) is 3.29. The minimum absolute atomic E-state index is 0.118. The molecule has 0 spiro atoms. The number of aliphatic hydroxyl groups is 1. The lowest BCUT2D eigenvalue weighted by Gasteiger charge is -2.28. The van der Waals surface area contributed by atoms with Crippen LogP contribution in [0.4, 0.5) is 4.79 Å². The van der Waals surface area contributed by atoms with Gasteiger partial charge in [-0.3, -0.25) is 0 Å². The predicted molar refractivity (Wildman–Crippen MR) is 79.8 cm³/mol. The van der Waals surface area contributed by atoms with Crippen LogP contribution >= 0.6 is 11.3 Å². The Kier molecular flexibility index (Phi) is 5.37. The lowest BCUT2D eigenvalue weighted by molar-refractivity contribution is 0.0941. The zero-order chi connectivity index (χ0) is 14.5. The van der Waals surface area contributed by atoms with Crippen molar-refractivity contribution >= 4 is 17.4 Å². The van der Waals surface area contributed by atoms with E-state index in [9.17, 15) is 9.90 Å². The van der Waals surface area contributed by atoms with Crippen molar-refractivity contribution in [3.05, 3.63) is 16.1 Å². The molecule has 5 nitrogen and oxygen atoms in total. The van der Waals surface area contributed by atoms with Gasteiger partial charge in [-0.25, -0.2) is 9.78 Å². The van der Waals surface area contributed by atoms with E-state index in [1.165, 1.54) is 0 Å². The topological polar surface area (TPSA) is 74.2 Å². The van der Waals surface area contributed by atoms with Crippen LogP contribution in [0.25, 0.3) is 0 Å². The van der Waals surface area contributed by atoms with Gasteiger partial charge in [0.05, 0.1) is 28.9 Å². The monoisotopic (exact) mass is 297 g/mol. The van der Waals surface area contributed by atoms with E-state index in [-0.39, 0.29) is 18.1 Å². The maximum absolute atomic E-state index is 12.0. The molecule has 2 rings (SSSR count). The van der Waals surface area contributed by atoms with Gasteiger partial charge >= 0.3 is 6.03 Å². The van der Waals surface area contributed by atoms with Gasteiger partial charge in [-0.05, 0) is 26.2 Å². The van der Waals surface area contributed by atoms with Crippen molar-refractivity contribution < 1.29 is 9.90 Å². The van der Waals surface area contributed by atoms with Gasteiger partial charge in [0.25, 0.3) is 0 Å². The largest absolute Gasteiger partial charge is 0.391 e. The molecule has 1 fully saturated rings. The van der Waals surface area contributed by atoms with Crippen LogP contribution in [0.3, 0.4) is 0 Å². The SMILES string of the molecule is CCc1nc(C(C)NC(=O)NC2CCCCC2O)cs1. The molecule has 1 aromatic heterocycles. The van der Waals surface area contributed by atoms with Crippen LogP contribution in [-0.4, -0.2) is 28.3 Å². The first-order valence-electron chi connectivity index (χ1n) is 7.29. The lowest BCUT2D eigenvalue weighted by Crippen LogP contribution is -2.49. The Morgan fingerprint density at radius 2 is 2.30 bits per heavy atom. The standard InChI is InChI=1S/C14H23N3O2S/c1-3-13-16-11(8-20-13)9(2)15-14(19)17-10-6-4-5-7-12(10)18/h8-10,12,18H,3-7H2,1-2H3,(H2,15,17,19). The molecule has 20 heavy (non-hydrogen) atoms. The van der Waals surface area contributed by atoms with Crippen molar-refractivity contribution in [3.63, 3.8) is 0 Å². The van der Waals surface area contributed by atoms with Gasteiger partial charge in [0.2, 0.25) is 0 Å². The first-order chi connectivity index (χ1) is 9.60. The third kappa shape index (κ3) is 3.93. The molecule has 112 valence electrons. The second-order valence-electron chi connectivity index (χ2n) is 5.32. The molecule has 0 bridgehead atoms. The molecular weight excluding hydrogens is 274 g/mol. The number of rotatable bonds is 4. The third-order valence-corrected chi connectivity index (χ3v) is 4.72. The number of hydrogen-bond acceptors (Lipinski definition) is 4. The Labute approximate surface area is 123 Å². The number of carbonyl (C=O) groups is 1. The van der Waals surface area contributed by atoms with E-state index in [0.717, 1.165) is 42.8 Å². The average molecular weight is 297 g/mol. The summed E-state index contributed by atoms with van der Waals surface area (Å²) in [4.78, 5) is 16.4. The molecule has 0 aromatic carbocycles. The van der Waals surface area contributed by atoms with Crippen molar-refractivity contribution in [1.29, 1.82) is 0 Å². The minimum Gasteiger partial charge on any atom is -0.391 e. The molecule has 0 radical (unpaired) electrons. The van der Waals surface area contributed by atoms with Gasteiger partial charge in [-0.2, -0.15) is 0 Å². The van der Waals surface area contributed by atoms with Crippen molar-refractivity contribution in [3.8, 4) is 0 Å². The quantitative estimate of drug-likeness (QED) is 0.798. The second kappa shape index (κ2) is 7.04. The van der Waals surface area contributed by atoms with Crippen molar-refractivity contribution in [2.45, 2.75) is 64.1 Å². The summed E-state index contributed by atoms with van der Waals surface area (Å²) in [6.07, 6.45) is 4.21. The van der Waals surface area contributed by atoms with Crippen LogP contribution in [0.5, 0.6) is 0 Å². The molecule has 1 saturated carbocycles. The molecule has 2 amide bonds. The summed E-state index contributed by atoms with van der Waals surface area (Å²) in [5, 5.41) is 18.7. The van der Waals surface area contributed by atoms with Crippen LogP contribution in [0.2, 0.25) is 0 Å². The highest BCUT2D eigenvalue weighted by Gasteiger charge is 2.25. The lowest BCUT2D eigenvalue weighted by atomic mass is 9.93. The van der Waals surface area contributed by atoms with Gasteiger partial charge in [-0.15, -0.1) is 11.3 Å². The zero-order valence-corrected chi connectivity index (χ0v) is 12.9. The number of nitrogens with zero attached hydrogens (tertiary/aromatic N) is 1. The normalized spacial score (nSPS) is 24.1. The van der Waals surface area contributed by atoms with Crippen LogP contribution in [0, 0.1) is 0 Å². The molecule has 6 heteroatoms. The number of amides is 2. The van der Waals surface area contributed by atoms with E-state index in [2.05, 4.69) is 22.5 Å². The summed E-state index contributed by atoms with van der Waals surface area (Å²) in [6.45, 7) is 3.99. The summed E-state index contributed by atoms with van der Waals surface area (Å²) >= 11 is 1.62. The Morgan fingerprint density at radius 3 is 2.95 bits per heavy atom. The second-order valence-corrected chi connectivity index (χ2v) is 6.26. The number of hydrogen-bond donors (Lipinski definition) is 3. The number of aliphatic hydroxyl groups excluding tert-OH is 1. The van der Waals surface area contributed by atoms with Crippen LogP contribution < -0.4 is 10.6 Å². The Morgan fingerprint density at radius 1 is 1.55 bits per heavy atom. The smallest absolute Gasteiger partial charge is 0.315 e. The first-order valence-corrected chi connectivity index (χ1v) is 8.17. The number of thiazole rings is 1.